The highest BCUT2D eigenvalue weighted by molar-refractivity contribution is 5.76. The quantitative estimate of drug-likeness (QED) is 0.671. The van der Waals surface area contributed by atoms with E-state index in [1.54, 1.807) is 0 Å². The van der Waals surface area contributed by atoms with Crippen LogP contribution in [0.3, 0.4) is 0 Å². The third-order valence-electron chi connectivity index (χ3n) is 2.63. The van der Waals surface area contributed by atoms with Crippen LogP contribution in [0.2, 0.25) is 0 Å². The first kappa shape index (κ1) is 15.4. The monoisotopic (exact) mass is 229 g/mol. The predicted molar refractivity (Wildman–Crippen MR) is 67.2 cm³/mol. The molecule has 0 bridgehead atoms. The maximum absolute atomic E-state index is 11.5. The van der Waals surface area contributed by atoms with Crippen molar-refractivity contribution >= 4 is 5.91 Å². The van der Waals surface area contributed by atoms with Gasteiger partial charge in [0.25, 0.3) is 0 Å². The number of rotatable bonds is 8. The Balaban J connectivity index is 3.78. The van der Waals surface area contributed by atoms with Gasteiger partial charge >= 0.3 is 0 Å². The molecule has 3 nitrogen and oxygen atoms in total. The van der Waals surface area contributed by atoms with E-state index >= 15 is 0 Å². The van der Waals surface area contributed by atoms with Gasteiger partial charge in [0.1, 0.15) is 0 Å². The molecule has 1 unspecified atom stereocenters. The van der Waals surface area contributed by atoms with Crippen molar-refractivity contribution in [3.63, 3.8) is 0 Å². The van der Waals surface area contributed by atoms with Crippen molar-refractivity contribution in [2.75, 3.05) is 6.61 Å². The molecular weight excluding hydrogens is 202 g/mol. The van der Waals surface area contributed by atoms with Gasteiger partial charge in [0.2, 0.25) is 5.91 Å². The number of amides is 1. The molecule has 3 heteroatoms. The van der Waals surface area contributed by atoms with Crippen LogP contribution in [0, 0.1) is 11.8 Å². The normalized spacial score (nSPS) is 13.2. The van der Waals surface area contributed by atoms with Gasteiger partial charge < -0.3 is 10.4 Å². The Morgan fingerprint density at radius 2 is 1.62 bits per heavy atom. The fourth-order valence-corrected chi connectivity index (χ4v) is 1.46. The fourth-order valence-electron chi connectivity index (χ4n) is 1.46. The molecule has 0 aliphatic heterocycles. The summed E-state index contributed by atoms with van der Waals surface area (Å²) in [4.78, 5) is 11.5. The van der Waals surface area contributed by atoms with Crippen LogP contribution in [0.25, 0.3) is 0 Å². The van der Waals surface area contributed by atoms with E-state index in [1.807, 2.05) is 0 Å². The maximum atomic E-state index is 11.5. The van der Waals surface area contributed by atoms with Crippen LogP contribution in [-0.2, 0) is 4.79 Å². The summed E-state index contributed by atoms with van der Waals surface area (Å²) in [5.41, 5.74) is 0. The Kier molecular flexibility index (Phi) is 8.26. The topological polar surface area (TPSA) is 49.3 Å². The third kappa shape index (κ3) is 8.72. The molecule has 96 valence electrons. The molecule has 0 saturated heterocycles. The standard InChI is InChI=1S/C13H27NO2/c1-10(2)5-7-12(9-15)14-13(16)8-6-11(3)4/h10-12,15H,5-9H2,1-4H3,(H,14,16). The van der Waals surface area contributed by atoms with Gasteiger partial charge in [0, 0.05) is 6.42 Å². The van der Waals surface area contributed by atoms with Gasteiger partial charge in [-0.2, -0.15) is 0 Å². The Morgan fingerprint density at radius 3 is 2.06 bits per heavy atom. The van der Waals surface area contributed by atoms with Crippen LogP contribution in [0.15, 0.2) is 0 Å². The summed E-state index contributed by atoms with van der Waals surface area (Å²) in [7, 11) is 0. The molecule has 16 heavy (non-hydrogen) atoms. The lowest BCUT2D eigenvalue weighted by Crippen LogP contribution is -2.37. The van der Waals surface area contributed by atoms with E-state index in [0.717, 1.165) is 19.3 Å². The summed E-state index contributed by atoms with van der Waals surface area (Å²) in [5.74, 6) is 1.23. The van der Waals surface area contributed by atoms with Crippen molar-refractivity contribution in [3.8, 4) is 0 Å². The van der Waals surface area contributed by atoms with Crippen molar-refractivity contribution in [2.24, 2.45) is 11.8 Å². The average molecular weight is 229 g/mol. The summed E-state index contributed by atoms with van der Waals surface area (Å²) < 4.78 is 0. The second-order valence-electron chi connectivity index (χ2n) is 5.35. The maximum Gasteiger partial charge on any atom is 0.220 e. The summed E-state index contributed by atoms with van der Waals surface area (Å²) in [6.07, 6.45) is 3.38. The first-order chi connectivity index (χ1) is 7.45. The summed E-state index contributed by atoms with van der Waals surface area (Å²) in [5, 5.41) is 12.0. The van der Waals surface area contributed by atoms with Crippen molar-refractivity contribution in [1.82, 2.24) is 5.32 Å². The van der Waals surface area contributed by atoms with E-state index in [0.29, 0.717) is 18.3 Å². The second kappa shape index (κ2) is 8.57. The second-order valence-corrected chi connectivity index (χ2v) is 5.35. The Morgan fingerprint density at radius 1 is 1.06 bits per heavy atom. The van der Waals surface area contributed by atoms with E-state index in [2.05, 4.69) is 33.0 Å². The van der Waals surface area contributed by atoms with Gasteiger partial charge in [0.05, 0.1) is 12.6 Å². The molecule has 0 saturated carbocycles. The minimum atomic E-state index is -0.0675. The molecular formula is C13H27NO2. The lowest BCUT2D eigenvalue weighted by atomic mass is 10.0. The molecule has 0 radical (unpaired) electrons. The highest BCUT2D eigenvalue weighted by Crippen LogP contribution is 2.08. The Bertz CT molecular complexity index is 190. The summed E-state index contributed by atoms with van der Waals surface area (Å²) in [6.45, 7) is 8.55. The fraction of sp³-hybridized carbons (Fsp3) is 0.923. The van der Waals surface area contributed by atoms with Gasteiger partial charge in [-0.25, -0.2) is 0 Å². The molecule has 0 aromatic rings. The molecule has 0 aliphatic rings. The molecule has 0 spiro atoms. The summed E-state index contributed by atoms with van der Waals surface area (Å²) >= 11 is 0. The molecule has 0 aliphatic carbocycles. The van der Waals surface area contributed by atoms with E-state index in [9.17, 15) is 4.79 Å². The zero-order chi connectivity index (χ0) is 12.6. The number of hydrogen-bond acceptors (Lipinski definition) is 2. The van der Waals surface area contributed by atoms with E-state index in [-0.39, 0.29) is 18.6 Å². The van der Waals surface area contributed by atoms with Crippen LogP contribution in [0.5, 0.6) is 0 Å². The van der Waals surface area contributed by atoms with Crippen LogP contribution in [-0.4, -0.2) is 23.7 Å². The van der Waals surface area contributed by atoms with Crippen LogP contribution in [0.4, 0.5) is 0 Å². The summed E-state index contributed by atoms with van der Waals surface area (Å²) in [6, 6.07) is -0.0675. The smallest absolute Gasteiger partial charge is 0.220 e. The van der Waals surface area contributed by atoms with Gasteiger partial charge in [0.15, 0.2) is 0 Å². The van der Waals surface area contributed by atoms with Crippen molar-refractivity contribution in [3.05, 3.63) is 0 Å². The third-order valence-corrected chi connectivity index (χ3v) is 2.63. The Labute approximate surface area is 99.6 Å². The molecule has 0 fully saturated rings. The van der Waals surface area contributed by atoms with Gasteiger partial charge in [-0.05, 0) is 31.1 Å². The van der Waals surface area contributed by atoms with Gasteiger partial charge in [-0.15, -0.1) is 0 Å². The molecule has 2 N–H and O–H groups in total. The zero-order valence-corrected chi connectivity index (χ0v) is 11.1. The lowest BCUT2D eigenvalue weighted by molar-refractivity contribution is -0.122. The molecule has 1 atom stereocenters. The minimum absolute atomic E-state index is 0.0418. The van der Waals surface area contributed by atoms with Crippen LogP contribution >= 0.6 is 0 Å². The Hall–Kier alpha value is -0.570. The molecule has 0 heterocycles. The van der Waals surface area contributed by atoms with E-state index in [1.165, 1.54) is 0 Å². The molecule has 1 amide bonds. The van der Waals surface area contributed by atoms with Gasteiger partial charge in [-0.1, -0.05) is 27.7 Å². The highest BCUT2D eigenvalue weighted by Gasteiger charge is 2.12. The van der Waals surface area contributed by atoms with Crippen LogP contribution < -0.4 is 5.32 Å². The highest BCUT2D eigenvalue weighted by atomic mass is 16.3. The lowest BCUT2D eigenvalue weighted by Gasteiger charge is -2.17. The average Bonchev–Trinajstić information content (AvgIpc) is 2.20. The van der Waals surface area contributed by atoms with E-state index < -0.39 is 0 Å². The van der Waals surface area contributed by atoms with Crippen molar-refractivity contribution in [2.45, 2.75) is 59.4 Å². The molecule has 0 aromatic carbocycles. The number of hydrogen-bond donors (Lipinski definition) is 2. The minimum Gasteiger partial charge on any atom is -0.394 e. The molecule has 0 rings (SSSR count). The number of carbonyl (C=O) groups is 1. The van der Waals surface area contributed by atoms with Crippen molar-refractivity contribution in [1.29, 1.82) is 0 Å². The number of nitrogens with one attached hydrogen (secondary N) is 1. The number of aliphatic hydroxyl groups excluding tert-OH is 1. The number of aliphatic hydroxyl groups is 1. The largest absolute Gasteiger partial charge is 0.394 e. The predicted octanol–water partition coefficient (Wildman–Crippen LogP) is 2.34. The first-order valence-corrected chi connectivity index (χ1v) is 6.35. The van der Waals surface area contributed by atoms with E-state index in [4.69, 9.17) is 5.11 Å². The van der Waals surface area contributed by atoms with Gasteiger partial charge in [-0.3, -0.25) is 4.79 Å². The zero-order valence-electron chi connectivity index (χ0n) is 11.1. The first-order valence-electron chi connectivity index (χ1n) is 6.35. The number of carbonyl (C=O) groups excluding carboxylic acids is 1. The SMILES string of the molecule is CC(C)CCC(=O)NC(CO)CCC(C)C. The van der Waals surface area contributed by atoms with Crippen molar-refractivity contribution < 1.29 is 9.90 Å². The molecule has 0 aromatic heterocycles. The van der Waals surface area contributed by atoms with Crippen LogP contribution in [0.1, 0.15) is 53.4 Å².